The van der Waals surface area contributed by atoms with Crippen LogP contribution in [0.5, 0.6) is 0 Å². The number of rotatable bonds is 5. The van der Waals surface area contributed by atoms with Crippen molar-refractivity contribution in [3.05, 3.63) is 23.8 Å². The Hall–Kier alpha value is -1.75. The number of aromatic carboxylic acids is 1. The van der Waals surface area contributed by atoms with E-state index in [4.69, 9.17) is 10.8 Å². The third-order valence-electron chi connectivity index (χ3n) is 4.39. The summed E-state index contributed by atoms with van der Waals surface area (Å²) in [6.07, 6.45) is 4.80. The van der Waals surface area contributed by atoms with Crippen LogP contribution in [0.15, 0.2) is 18.2 Å². The number of nitrogens with one attached hydrogen (secondary N) is 1. The van der Waals surface area contributed by atoms with Gasteiger partial charge in [0.1, 0.15) is 0 Å². The average molecular weight is 277 g/mol. The van der Waals surface area contributed by atoms with Crippen LogP contribution in [0.3, 0.4) is 0 Å². The number of benzene rings is 1. The molecule has 20 heavy (non-hydrogen) atoms. The van der Waals surface area contributed by atoms with Crippen LogP contribution in [0.1, 0.15) is 36.0 Å². The summed E-state index contributed by atoms with van der Waals surface area (Å²) in [7, 11) is 4.20. The van der Waals surface area contributed by atoms with Crippen LogP contribution in [0.4, 0.5) is 11.4 Å². The number of nitrogens with zero attached hydrogens (tertiary/aromatic N) is 1. The molecule has 0 amide bonds. The highest BCUT2D eigenvalue weighted by Crippen LogP contribution is 2.34. The zero-order chi connectivity index (χ0) is 14.8. The monoisotopic (exact) mass is 277 g/mol. The van der Waals surface area contributed by atoms with E-state index in [9.17, 15) is 4.79 Å². The average Bonchev–Trinajstić information content (AvgIpc) is 2.87. The molecule has 1 saturated carbocycles. The maximum atomic E-state index is 11.0. The van der Waals surface area contributed by atoms with E-state index in [0.29, 0.717) is 11.4 Å². The van der Waals surface area contributed by atoms with Crippen LogP contribution in [0, 0.1) is 0 Å². The molecule has 0 aliphatic heterocycles. The lowest BCUT2D eigenvalue weighted by Crippen LogP contribution is -2.47. The Balaban J connectivity index is 2.13. The number of carbonyl (C=O) groups is 1. The Morgan fingerprint density at radius 1 is 1.40 bits per heavy atom. The largest absolute Gasteiger partial charge is 0.478 e. The van der Waals surface area contributed by atoms with Crippen LogP contribution in [-0.2, 0) is 0 Å². The molecule has 5 heteroatoms. The van der Waals surface area contributed by atoms with Crippen LogP contribution >= 0.6 is 0 Å². The zero-order valence-electron chi connectivity index (χ0n) is 12.1. The molecule has 0 heterocycles. The molecule has 0 bridgehead atoms. The Kier molecular flexibility index (Phi) is 4.18. The summed E-state index contributed by atoms with van der Waals surface area (Å²) >= 11 is 0. The maximum Gasteiger partial charge on any atom is 0.335 e. The van der Waals surface area contributed by atoms with Crippen molar-refractivity contribution in [3.63, 3.8) is 0 Å². The lowest BCUT2D eigenvalue weighted by atomic mass is 9.96. The molecule has 0 radical (unpaired) electrons. The van der Waals surface area contributed by atoms with Crippen molar-refractivity contribution in [2.24, 2.45) is 0 Å². The van der Waals surface area contributed by atoms with Crippen molar-refractivity contribution in [2.45, 2.75) is 31.2 Å². The minimum atomic E-state index is -0.934. The van der Waals surface area contributed by atoms with Crippen molar-refractivity contribution in [1.82, 2.24) is 4.90 Å². The van der Waals surface area contributed by atoms with E-state index in [0.717, 1.165) is 19.4 Å². The molecule has 0 spiro atoms. The predicted molar refractivity (Wildman–Crippen MR) is 81.2 cm³/mol. The van der Waals surface area contributed by atoms with E-state index in [1.54, 1.807) is 12.1 Å². The smallest absolute Gasteiger partial charge is 0.335 e. The molecule has 1 fully saturated rings. The van der Waals surface area contributed by atoms with E-state index in [1.165, 1.54) is 18.9 Å². The van der Waals surface area contributed by atoms with Gasteiger partial charge >= 0.3 is 5.97 Å². The first-order valence-electron chi connectivity index (χ1n) is 6.99. The molecule has 1 aromatic rings. The van der Waals surface area contributed by atoms with Crippen LogP contribution in [-0.4, -0.2) is 42.2 Å². The Morgan fingerprint density at radius 2 is 2.05 bits per heavy atom. The third-order valence-corrected chi connectivity index (χ3v) is 4.39. The standard InChI is InChI=1S/C15H23N3O2/c1-18(2)15(7-3-4-8-15)10-17-13-9-11(14(19)20)5-6-12(13)16/h5-6,9,17H,3-4,7-8,10,16H2,1-2H3,(H,19,20). The fourth-order valence-electron chi connectivity index (χ4n) is 2.92. The van der Waals surface area contributed by atoms with Crippen molar-refractivity contribution in [3.8, 4) is 0 Å². The molecule has 0 atom stereocenters. The van der Waals surface area contributed by atoms with E-state index >= 15 is 0 Å². The van der Waals surface area contributed by atoms with Crippen molar-refractivity contribution < 1.29 is 9.90 Å². The number of anilines is 2. The number of nitrogens with two attached hydrogens (primary N) is 1. The Labute approximate surface area is 119 Å². The number of hydrogen-bond acceptors (Lipinski definition) is 4. The second kappa shape index (κ2) is 5.71. The van der Waals surface area contributed by atoms with Gasteiger partial charge in [0.05, 0.1) is 16.9 Å². The number of nitrogen functional groups attached to an aromatic ring is 1. The maximum absolute atomic E-state index is 11.0. The highest BCUT2D eigenvalue weighted by molar-refractivity contribution is 5.90. The Morgan fingerprint density at radius 3 is 2.60 bits per heavy atom. The molecule has 0 unspecified atom stereocenters. The summed E-state index contributed by atoms with van der Waals surface area (Å²) in [6, 6.07) is 4.78. The minimum Gasteiger partial charge on any atom is -0.478 e. The summed E-state index contributed by atoms with van der Waals surface area (Å²) in [5.41, 5.74) is 7.62. The van der Waals surface area contributed by atoms with Gasteiger partial charge in [-0.05, 0) is 45.1 Å². The second-order valence-electron chi connectivity index (χ2n) is 5.79. The number of likely N-dealkylation sites (N-methyl/N-ethyl adjacent to an activating group) is 1. The van der Waals surface area contributed by atoms with Gasteiger partial charge < -0.3 is 21.1 Å². The molecule has 0 saturated heterocycles. The molecule has 0 aromatic heterocycles. The SMILES string of the molecule is CN(C)C1(CNc2cc(C(=O)O)ccc2N)CCCC1. The fourth-order valence-corrected chi connectivity index (χ4v) is 2.92. The Bertz CT molecular complexity index is 494. The second-order valence-corrected chi connectivity index (χ2v) is 5.79. The van der Waals surface area contributed by atoms with E-state index in [-0.39, 0.29) is 11.1 Å². The molecule has 1 aromatic carbocycles. The van der Waals surface area contributed by atoms with Gasteiger partial charge in [-0.1, -0.05) is 12.8 Å². The molecule has 2 rings (SSSR count). The van der Waals surface area contributed by atoms with Gasteiger partial charge in [0.15, 0.2) is 0 Å². The lowest BCUT2D eigenvalue weighted by molar-refractivity contribution is 0.0697. The van der Waals surface area contributed by atoms with Gasteiger partial charge in [-0.2, -0.15) is 0 Å². The zero-order valence-corrected chi connectivity index (χ0v) is 12.1. The first-order valence-corrected chi connectivity index (χ1v) is 6.99. The molecule has 4 N–H and O–H groups in total. The van der Waals surface area contributed by atoms with Crippen molar-refractivity contribution >= 4 is 17.3 Å². The van der Waals surface area contributed by atoms with E-state index in [2.05, 4.69) is 24.3 Å². The molecule has 5 nitrogen and oxygen atoms in total. The van der Waals surface area contributed by atoms with Gasteiger partial charge in [-0.25, -0.2) is 4.79 Å². The molecular weight excluding hydrogens is 254 g/mol. The van der Waals surface area contributed by atoms with E-state index in [1.807, 2.05) is 0 Å². The van der Waals surface area contributed by atoms with E-state index < -0.39 is 5.97 Å². The fraction of sp³-hybridized carbons (Fsp3) is 0.533. The van der Waals surface area contributed by atoms with Gasteiger partial charge in [-0.3, -0.25) is 0 Å². The van der Waals surface area contributed by atoms with Crippen molar-refractivity contribution in [2.75, 3.05) is 31.7 Å². The minimum absolute atomic E-state index is 0.145. The lowest BCUT2D eigenvalue weighted by Gasteiger charge is -2.37. The first-order chi connectivity index (χ1) is 9.44. The molecule has 1 aliphatic rings. The van der Waals surface area contributed by atoms with Crippen LogP contribution in [0.2, 0.25) is 0 Å². The number of hydrogen-bond donors (Lipinski definition) is 3. The molecular formula is C15H23N3O2. The topological polar surface area (TPSA) is 78.6 Å². The number of carboxylic acids is 1. The summed E-state index contributed by atoms with van der Waals surface area (Å²) in [6.45, 7) is 0.785. The van der Waals surface area contributed by atoms with Crippen LogP contribution < -0.4 is 11.1 Å². The summed E-state index contributed by atoms with van der Waals surface area (Å²) in [4.78, 5) is 13.3. The normalized spacial score (nSPS) is 17.4. The first kappa shape index (κ1) is 14.7. The summed E-state index contributed by atoms with van der Waals surface area (Å²) < 4.78 is 0. The highest BCUT2D eigenvalue weighted by atomic mass is 16.4. The third kappa shape index (κ3) is 2.88. The summed E-state index contributed by atoms with van der Waals surface area (Å²) in [5.74, 6) is -0.934. The number of carboxylic acid groups (broad SMARTS) is 1. The van der Waals surface area contributed by atoms with Gasteiger partial charge in [-0.15, -0.1) is 0 Å². The summed E-state index contributed by atoms with van der Waals surface area (Å²) in [5, 5.41) is 12.4. The predicted octanol–water partition coefficient (Wildman–Crippen LogP) is 2.25. The molecule has 110 valence electrons. The van der Waals surface area contributed by atoms with Crippen molar-refractivity contribution in [1.29, 1.82) is 0 Å². The van der Waals surface area contributed by atoms with Gasteiger partial charge in [0.25, 0.3) is 0 Å². The molecule has 1 aliphatic carbocycles. The quantitative estimate of drug-likeness (QED) is 0.719. The highest BCUT2D eigenvalue weighted by Gasteiger charge is 2.35. The van der Waals surface area contributed by atoms with Gasteiger partial charge in [0.2, 0.25) is 0 Å². The van der Waals surface area contributed by atoms with Crippen LogP contribution in [0.25, 0.3) is 0 Å². The van der Waals surface area contributed by atoms with Gasteiger partial charge in [0, 0.05) is 12.1 Å².